The Kier molecular flexibility index (Phi) is 7.69. The van der Waals surface area contributed by atoms with E-state index in [4.69, 9.17) is 0 Å². The molecule has 8 nitrogen and oxygen atoms in total. The molecule has 1 unspecified atom stereocenters. The number of carbonyl (C=O) groups is 1. The maximum absolute atomic E-state index is 13.6. The number of aromatic nitrogens is 3. The van der Waals surface area contributed by atoms with E-state index in [-0.39, 0.29) is 29.1 Å². The van der Waals surface area contributed by atoms with E-state index in [9.17, 15) is 18.5 Å². The Morgan fingerprint density at radius 2 is 1.68 bits per heavy atom. The summed E-state index contributed by atoms with van der Waals surface area (Å²) >= 11 is 0. The molecule has 2 atom stereocenters. The van der Waals surface area contributed by atoms with Crippen LogP contribution < -0.4 is 10.2 Å². The van der Waals surface area contributed by atoms with Crippen LogP contribution in [0.3, 0.4) is 0 Å². The molecule has 3 aromatic carbocycles. The molecule has 0 fully saturated rings. The average molecular weight is 532 g/mol. The lowest BCUT2D eigenvalue weighted by Crippen LogP contribution is -2.36. The van der Waals surface area contributed by atoms with Gasteiger partial charge in [-0.05, 0) is 47.4 Å². The van der Waals surface area contributed by atoms with Crippen LogP contribution in [0.1, 0.15) is 16.7 Å². The number of rotatable bonds is 9. The highest BCUT2D eigenvalue weighted by Gasteiger charge is 2.25. The Labute approximate surface area is 222 Å². The van der Waals surface area contributed by atoms with E-state index in [1.165, 1.54) is 17.7 Å². The molecule has 10 heteroatoms. The largest absolute Gasteiger partial charge is 0.480 e. The predicted octanol–water partition coefficient (Wildman–Crippen LogP) is 4.05. The number of fused-ring (bicyclic) bond motifs is 1. The molecular formula is C28H26FN5O3S. The first-order valence-electron chi connectivity index (χ1n) is 12.2. The van der Waals surface area contributed by atoms with Gasteiger partial charge in [0.1, 0.15) is 11.9 Å². The summed E-state index contributed by atoms with van der Waals surface area (Å²) in [6.45, 7) is 1.26. The summed E-state index contributed by atoms with van der Waals surface area (Å²) in [4.78, 5) is 27.7. The molecule has 0 saturated carbocycles. The first-order valence-corrected chi connectivity index (χ1v) is 13.7. The molecule has 194 valence electrons. The number of nitrogens with zero attached hydrogens (tertiary/aromatic N) is 4. The fraction of sp³-hybridized carbons (Fsp3) is 0.214. The lowest BCUT2D eigenvalue weighted by Gasteiger charge is -2.29. The van der Waals surface area contributed by atoms with Gasteiger partial charge in [0.25, 0.3) is 0 Å². The molecule has 2 heterocycles. The molecule has 0 amide bonds. The SMILES string of the molecule is O=C(O)[C@H](CS(=O)Cc1ccccc1)Nc1nc(-c2ccc(F)cc2)nc(N2CCc3ccccc3C2)n1. The Balaban J connectivity index is 1.43. The second-order valence-corrected chi connectivity index (χ2v) is 10.5. The zero-order valence-corrected chi connectivity index (χ0v) is 21.3. The van der Waals surface area contributed by atoms with Crippen molar-refractivity contribution < 1.29 is 18.5 Å². The van der Waals surface area contributed by atoms with E-state index in [0.717, 1.165) is 17.5 Å². The third-order valence-electron chi connectivity index (χ3n) is 6.26. The van der Waals surface area contributed by atoms with E-state index >= 15 is 0 Å². The minimum Gasteiger partial charge on any atom is -0.480 e. The molecule has 1 aliphatic heterocycles. The lowest BCUT2D eigenvalue weighted by atomic mass is 10.0. The Bertz CT molecular complexity index is 1450. The van der Waals surface area contributed by atoms with Crippen molar-refractivity contribution in [3.05, 3.63) is 101 Å². The van der Waals surface area contributed by atoms with E-state index in [2.05, 4.69) is 32.4 Å². The van der Waals surface area contributed by atoms with Crippen molar-refractivity contribution in [3.63, 3.8) is 0 Å². The van der Waals surface area contributed by atoms with Crippen molar-refractivity contribution in [3.8, 4) is 11.4 Å². The normalized spacial score (nSPS) is 14.4. The number of benzene rings is 3. The lowest BCUT2D eigenvalue weighted by molar-refractivity contribution is -0.137. The Morgan fingerprint density at radius 1 is 0.974 bits per heavy atom. The molecule has 38 heavy (non-hydrogen) atoms. The van der Waals surface area contributed by atoms with Gasteiger partial charge in [0.2, 0.25) is 11.9 Å². The van der Waals surface area contributed by atoms with E-state index in [0.29, 0.717) is 24.6 Å². The second-order valence-electron chi connectivity index (χ2n) is 9.00. The number of aliphatic carboxylic acids is 1. The summed E-state index contributed by atoms with van der Waals surface area (Å²) < 4.78 is 26.3. The van der Waals surface area contributed by atoms with Crippen LogP contribution in [0.15, 0.2) is 78.9 Å². The molecular weight excluding hydrogens is 505 g/mol. The van der Waals surface area contributed by atoms with Crippen LogP contribution in [-0.4, -0.2) is 48.6 Å². The van der Waals surface area contributed by atoms with E-state index in [1.807, 2.05) is 47.4 Å². The maximum Gasteiger partial charge on any atom is 0.327 e. The first kappa shape index (κ1) is 25.5. The monoisotopic (exact) mass is 531 g/mol. The summed E-state index contributed by atoms with van der Waals surface area (Å²) in [7, 11) is -1.44. The van der Waals surface area contributed by atoms with Crippen LogP contribution in [0.5, 0.6) is 0 Å². The third kappa shape index (κ3) is 6.20. The summed E-state index contributed by atoms with van der Waals surface area (Å²) in [5.74, 6) is -0.727. The van der Waals surface area contributed by atoms with Crippen LogP contribution in [-0.2, 0) is 34.3 Å². The van der Waals surface area contributed by atoms with E-state index in [1.54, 1.807) is 12.1 Å². The Morgan fingerprint density at radius 3 is 2.42 bits per heavy atom. The smallest absolute Gasteiger partial charge is 0.327 e. The second kappa shape index (κ2) is 11.5. The molecule has 1 aromatic heterocycles. The zero-order valence-electron chi connectivity index (χ0n) is 20.5. The fourth-order valence-corrected chi connectivity index (χ4v) is 5.58. The van der Waals surface area contributed by atoms with Gasteiger partial charge in [-0.2, -0.15) is 15.0 Å². The molecule has 0 bridgehead atoms. The molecule has 0 saturated heterocycles. The van der Waals surface area contributed by atoms with Gasteiger partial charge < -0.3 is 15.3 Å². The molecule has 0 aliphatic carbocycles. The standard InChI is InChI=1S/C28H26FN5O3S/c29-23-12-10-21(11-13-23)25-31-27(30-24(26(35)36)18-38(37)17-19-6-2-1-3-7-19)33-28(32-25)34-15-14-20-8-4-5-9-22(20)16-34/h1-13,24H,14-18H2,(H,35,36)(H,30,31,32,33)/t24-,38?/m0/s1. The third-order valence-corrected chi connectivity index (χ3v) is 7.62. The molecule has 1 aliphatic rings. The van der Waals surface area contributed by atoms with Gasteiger partial charge in [0.05, 0.1) is 5.75 Å². The number of carboxylic acid groups (broad SMARTS) is 1. The number of halogens is 1. The quantitative estimate of drug-likeness (QED) is 0.333. The average Bonchev–Trinajstić information content (AvgIpc) is 2.93. The zero-order chi connectivity index (χ0) is 26.5. The minimum absolute atomic E-state index is 0.0531. The van der Waals surface area contributed by atoms with Crippen LogP contribution >= 0.6 is 0 Å². The summed E-state index contributed by atoms with van der Waals surface area (Å²) in [5.41, 5.74) is 3.86. The predicted molar refractivity (Wildman–Crippen MR) is 145 cm³/mol. The number of hydrogen-bond donors (Lipinski definition) is 2. The van der Waals surface area contributed by atoms with Crippen LogP contribution in [0.2, 0.25) is 0 Å². The fourth-order valence-electron chi connectivity index (χ4n) is 4.30. The van der Waals surface area contributed by atoms with Crippen LogP contribution in [0, 0.1) is 5.82 Å². The maximum atomic E-state index is 13.6. The van der Waals surface area contributed by atoms with E-state index < -0.39 is 22.8 Å². The first-order chi connectivity index (χ1) is 18.4. The molecule has 0 radical (unpaired) electrons. The summed E-state index contributed by atoms with van der Waals surface area (Å²) in [5, 5.41) is 12.7. The number of anilines is 2. The van der Waals surface area contributed by atoms with Crippen molar-refractivity contribution in [1.82, 2.24) is 15.0 Å². The topological polar surface area (TPSA) is 108 Å². The highest BCUT2D eigenvalue weighted by Crippen LogP contribution is 2.25. The van der Waals surface area contributed by atoms with Gasteiger partial charge >= 0.3 is 5.97 Å². The number of nitrogens with one attached hydrogen (secondary N) is 1. The summed E-state index contributed by atoms with van der Waals surface area (Å²) in [6, 6.07) is 22.0. The van der Waals surface area contributed by atoms with Crippen molar-refractivity contribution in [2.75, 3.05) is 22.5 Å². The van der Waals surface area contributed by atoms with Crippen molar-refractivity contribution >= 4 is 28.7 Å². The molecule has 5 rings (SSSR count). The van der Waals surface area contributed by atoms with Gasteiger partial charge in [-0.3, -0.25) is 4.21 Å². The highest BCUT2D eigenvalue weighted by atomic mass is 32.2. The molecule has 0 spiro atoms. The van der Waals surface area contributed by atoms with Gasteiger partial charge in [-0.1, -0.05) is 54.6 Å². The van der Waals surface area contributed by atoms with Crippen molar-refractivity contribution in [1.29, 1.82) is 0 Å². The van der Waals surface area contributed by atoms with Gasteiger partial charge in [0, 0.05) is 35.2 Å². The summed E-state index contributed by atoms with van der Waals surface area (Å²) in [6.07, 6.45) is 0.812. The van der Waals surface area contributed by atoms with Gasteiger partial charge in [-0.15, -0.1) is 0 Å². The number of carboxylic acids is 1. The highest BCUT2D eigenvalue weighted by molar-refractivity contribution is 7.84. The minimum atomic E-state index is -1.44. The van der Waals surface area contributed by atoms with Crippen molar-refractivity contribution in [2.24, 2.45) is 0 Å². The molecule has 4 aromatic rings. The Hall–Kier alpha value is -4.18. The van der Waals surface area contributed by atoms with Crippen LogP contribution in [0.4, 0.5) is 16.3 Å². The van der Waals surface area contributed by atoms with Crippen molar-refractivity contribution in [2.45, 2.75) is 24.8 Å². The van der Waals surface area contributed by atoms with Gasteiger partial charge in [0.15, 0.2) is 5.82 Å². The number of hydrogen-bond acceptors (Lipinski definition) is 7. The molecule has 2 N–H and O–H groups in total. The van der Waals surface area contributed by atoms with Gasteiger partial charge in [-0.25, -0.2) is 9.18 Å². The van der Waals surface area contributed by atoms with Crippen LogP contribution in [0.25, 0.3) is 11.4 Å².